The van der Waals surface area contributed by atoms with Crippen LogP contribution in [0, 0.1) is 12.8 Å². The summed E-state index contributed by atoms with van der Waals surface area (Å²) in [6.45, 7) is 6.79. The van der Waals surface area contributed by atoms with Gasteiger partial charge in [-0.3, -0.25) is 0 Å². The Balaban J connectivity index is 1.56. The molecule has 0 amide bonds. The molecular formula is C27H40N2. The van der Waals surface area contributed by atoms with E-state index in [1.54, 1.807) is 0 Å². The van der Waals surface area contributed by atoms with Gasteiger partial charge in [-0.2, -0.15) is 0 Å². The molecule has 3 rings (SSSR count). The Morgan fingerprint density at radius 1 is 0.828 bits per heavy atom. The number of aryl methyl sites for hydroxylation is 2. The van der Waals surface area contributed by atoms with Gasteiger partial charge < -0.3 is 0 Å². The predicted octanol–water partition coefficient (Wildman–Crippen LogP) is 8.04. The van der Waals surface area contributed by atoms with Crippen molar-refractivity contribution in [2.45, 2.75) is 104 Å². The van der Waals surface area contributed by atoms with Crippen LogP contribution in [0.4, 0.5) is 0 Å². The van der Waals surface area contributed by atoms with E-state index < -0.39 is 0 Å². The topological polar surface area (TPSA) is 25.8 Å². The van der Waals surface area contributed by atoms with Crippen LogP contribution in [-0.2, 0) is 6.42 Å². The lowest BCUT2D eigenvalue weighted by atomic mass is 9.79. The van der Waals surface area contributed by atoms with Crippen molar-refractivity contribution < 1.29 is 0 Å². The number of unbranched alkanes of at least 4 members (excludes halogenated alkanes) is 4. The second-order valence-electron chi connectivity index (χ2n) is 9.14. The molecule has 29 heavy (non-hydrogen) atoms. The summed E-state index contributed by atoms with van der Waals surface area (Å²) in [6.07, 6.45) is 20.0. The third-order valence-electron chi connectivity index (χ3n) is 6.83. The van der Waals surface area contributed by atoms with E-state index in [1.165, 1.54) is 93.7 Å². The highest BCUT2D eigenvalue weighted by Crippen LogP contribution is 2.36. The molecule has 0 spiro atoms. The Kier molecular flexibility index (Phi) is 8.70. The highest BCUT2D eigenvalue weighted by Gasteiger charge is 2.23. The molecule has 0 aliphatic heterocycles. The van der Waals surface area contributed by atoms with E-state index in [2.05, 4.69) is 39.0 Å². The first-order valence-electron chi connectivity index (χ1n) is 12.1. The maximum absolute atomic E-state index is 4.78. The van der Waals surface area contributed by atoms with Crippen molar-refractivity contribution in [3.63, 3.8) is 0 Å². The smallest absolute Gasteiger partial charge is 0.131 e. The van der Waals surface area contributed by atoms with Crippen LogP contribution in [0.15, 0.2) is 30.6 Å². The summed E-state index contributed by atoms with van der Waals surface area (Å²) < 4.78 is 0. The molecule has 1 aliphatic carbocycles. The molecule has 2 aromatic rings. The number of hydrogen-bond acceptors (Lipinski definition) is 2. The van der Waals surface area contributed by atoms with Crippen molar-refractivity contribution in [1.82, 2.24) is 9.97 Å². The molecule has 1 aliphatic rings. The van der Waals surface area contributed by atoms with E-state index >= 15 is 0 Å². The van der Waals surface area contributed by atoms with Crippen molar-refractivity contribution in [3.8, 4) is 11.1 Å². The highest BCUT2D eigenvalue weighted by molar-refractivity contribution is 5.63. The van der Waals surface area contributed by atoms with E-state index in [-0.39, 0.29) is 0 Å². The number of nitrogens with zero attached hydrogens (tertiary/aromatic N) is 2. The Labute approximate surface area is 178 Å². The summed E-state index contributed by atoms with van der Waals surface area (Å²) in [5.74, 6) is 2.57. The SMILES string of the molecule is CCCCCc1ccc(-c2cnc([C@H]3CC[C@H](CCCCC)CC3)nc2)cc1C. The van der Waals surface area contributed by atoms with Crippen LogP contribution in [-0.4, -0.2) is 9.97 Å². The molecule has 2 heteroatoms. The van der Waals surface area contributed by atoms with Crippen molar-refractivity contribution in [2.75, 3.05) is 0 Å². The molecule has 0 radical (unpaired) electrons. The fourth-order valence-electron chi connectivity index (χ4n) is 4.81. The molecule has 1 saturated carbocycles. The number of benzene rings is 1. The molecule has 0 atom stereocenters. The van der Waals surface area contributed by atoms with Gasteiger partial charge in [-0.05, 0) is 68.1 Å². The van der Waals surface area contributed by atoms with Gasteiger partial charge in [0, 0.05) is 23.9 Å². The first-order chi connectivity index (χ1) is 14.2. The lowest BCUT2D eigenvalue weighted by Gasteiger charge is -2.27. The molecule has 1 fully saturated rings. The third kappa shape index (κ3) is 6.39. The van der Waals surface area contributed by atoms with Crippen LogP contribution < -0.4 is 0 Å². The summed E-state index contributed by atoms with van der Waals surface area (Å²) in [5, 5.41) is 0. The van der Waals surface area contributed by atoms with E-state index in [0.29, 0.717) is 5.92 Å². The minimum absolute atomic E-state index is 0.564. The van der Waals surface area contributed by atoms with Gasteiger partial charge in [0.05, 0.1) is 0 Å². The monoisotopic (exact) mass is 392 g/mol. The van der Waals surface area contributed by atoms with Gasteiger partial charge in [0.1, 0.15) is 5.82 Å². The number of aromatic nitrogens is 2. The van der Waals surface area contributed by atoms with Gasteiger partial charge in [0.15, 0.2) is 0 Å². The Morgan fingerprint density at radius 2 is 1.52 bits per heavy atom. The Bertz CT molecular complexity index is 727. The van der Waals surface area contributed by atoms with Gasteiger partial charge in [0.25, 0.3) is 0 Å². The summed E-state index contributed by atoms with van der Waals surface area (Å²) >= 11 is 0. The summed E-state index contributed by atoms with van der Waals surface area (Å²) in [5.41, 5.74) is 5.26. The Hall–Kier alpha value is -1.70. The fourth-order valence-corrected chi connectivity index (χ4v) is 4.81. The number of hydrogen-bond donors (Lipinski definition) is 0. The summed E-state index contributed by atoms with van der Waals surface area (Å²) in [6, 6.07) is 6.85. The lowest BCUT2D eigenvalue weighted by Crippen LogP contribution is -2.15. The lowest BCUT2D eigenvalue weighted by molar-refractivity contribution is 0.297. The molecule has 0 bridgehead atoms. The van der Waals surface area contributed by atoms with Crippen LogP contribution in [0.3, 0.4) is 0 Å². The zero-order chi connectivity index (χ0) is 20.5. The molecule has 1 aromatic heterocycles. The minimum atomic E-state index is 0.564. The van der Waals surface area contributed by atoms with E-state index in [0.717, 1.165) is 17.3 Å². The largest absolute Gasteiger partial charge is 0.240 e. The summed E-state index contributed by atoms with van der Waals surface area (Å²) in [4.78, 5) is 9.56. The van der Waals surface area contributed by atoms with Crippen molar-refractivity contribution in [2.24, 2.45) is 5.92 Å². The zero-order valence-electron chi connectivity index (χ0n) is 18.9. The van der Waals surface area contributed by atoms with Gasteiger partial charge in [-0.25, -0.2) is 9.97 Å². The third-order valence-corrected chi connectivity index (χ3v) is 6.83. The maximum atomic E-state index is 4.78. The average Bonchev–Trinajstić information content (AvgIpc) is 2.76. The second kappa shape index (κ2) is 11.5. The van der Waals surface area contributed by atoms with Crippen LogP contribution >= 0.6 is 0 Å². The molecular weight excluding hydrogens is 352 g/mol. The van der Waals surface area contributed by atoms with Crippen molar-refractivity contribution >= 4 is 0 Å². The van der Waals surface area contributed by atoms with E-state index in [9.17, 15) is 0 Å². The van der Waals surface area contributed by atoms with Crippen LogP contribution in [0.1, 0.15) is 107 Å². The van der Waals surface area contributed by atoms with Gasteiger partial charge in [0.2, 0.25) is 0 Å². The minimum Gasteiger partial charge on any atom is -0.240 e. The fraction of sp³-hybridized carbons (Fsp3) is 0.630. The van der Waals surface area contributed by atoms with Gasteiger partial charge in [-0.15, -0.1) is 0 Å². The van der Waals surface area contributed by atoms with Crippen molar-refractivity contribution in [3.05, 3.63) is 47.5 Å². The molecule has 1 aromatic carbocycles. The standard InChI is InChI=1S/C27H40N2/c1-4-6-8-10-22-12-14-24(15-13-22)27-28-19-26(20-29-27)25-17-16-23(21(3)18-25)11-9-7-5-2/h16-20,22,24H,4-15H2,1-3H3/t22-,24-. The molecule has 158 valence electrons. The highest BCUT2D eigenvalue weighted by atomic mass is 14.9. The summed E-state index contributed by atoms with van der Waals surface area (Å²) in [7, 11) is 0. The van der Waals surface area contributed by atoms with Crippen LogP contribution in [0.25, 0.3) is 11.1 Å². The van der Waals surface area contributed by atoms with E-state index in [4.69, 9.17) is 9.97 Å². The average molecular weight is 393 g/mol. The van der Waals surface area contributed by atoms with E-state index in [1.807, 2.05) is 12.4 Å². The number of rotatable bonds is 10. The molecule has 0 N–H and O–H groups in total. The first kappa shape index (κ1) is 22.0. The zero-order valence-corrected chi connectivity index (χ0v) is 18.9. The second-order valence-corrected chi connectivity index (χ2v) is 9.14. The molecule has 0 unspecified atom stereocenters. The Morgan fingerprint density at radius 3 is 2.17 bits per heavy atom. The maximum Gasteiger partial charge on any atom is 0.131 e. The quantitative estimate of drug-likeness (QED) is 0.382. The molecule has 1 heterocycles. The van der Waals surface area contributed by atoms with Gasteiger partial charge in [-0.1, -0.05) is 70.6 Å². The normalized spacial score (nSPS) is 19.4. The first-order valence-corrected chi connectivity index (χ1v) is 12.1. The molecule has 0 saturated heterocycles. The predicted molar refractivity (Wildman–Crippen MR) is 124 cm³/mol. The van der Waals surface area contributed by atoms with Crippen molar-refractivity contribution in [1.29, 1.82) is 0 Å². The van der Waals surface area contributed by atoms with Crippen LogP contribution in [0.2, 0.25) is 0 Å². The van der Waals surface area contributed by atoms with Crippen LogP contribution in [0.5, 0.6) is 0 Å². The van der Waals surface area contributed by atoms with Gasteiger partial charge >= 0.3 is 0 Å². The molecule has 2 nitrogen and oxygen atoms in total.